The van der Waals surface area contributed by atoms with Crippen LogP contribution in [-0.2, 0) is 15.6 Å². The van der Waals surface area contributed by atoms with E-state index < -0.39 is 16.4 Å². The number of benzene rings is 1. The number of hydrogen-bond donors (Lipinski definition) is 2. The van der Waals surface area contributed by atoms with Crippen LogP contribution < -0.4 is 5.32 Å². The van der Waals surface area contributed by atoms with Crippen LogP contribution in [0.2, 0.25) is 0 Å². The monoisotopic (exact) mass is 323 g/mol. The Morgan fingerprint density at radius 1 is 1.27 bits per heavy atom. The molecule has 0 aromatic heterocycles. The van der Waals surface area contributed by atoms with Crippen LogP contribution in [0.5, 0.6) is 0 Å². The zero-order valence-corrected chi connectivity index (χ0v) is 13.9. The molecule has 1 aromatic rings. The first-order chi connectivity index (χ1) is 10.5. The summed E-state index contributed by atoms with van der Waals surface area (Å²) in [6.07, 6.45) is 6.23. The largest absolute Gasteiger partial charge is 0.389 e. The standard InChI is InChI=1S/C17H25NO3S/c1-22(21)13-15(14-8-4-2-5-9-14)18-16(19)12-17(20)10-6-3-7-11-17/h2,4-5,8-9,15,20H,3,6-7,10-13H2,1H3,(H,18,19). The molecular weight excluding hydrogens is 298 g/mol. The topological polar surface area (TPSA) is 66.4 Å². The van der Waals surface area contributed by atoms with Crippen LogP contribution in [0, 0.1) is 0 Å². The molecule has 0 heterocycles. The number of carbonyl (C=O) groups is 1. The van der Waals surface area contributed by atoms with E-state index >= 15 is 0 Å². The number of carbonyl (C=O) groups excluding carboxylic acids is 1. The molecule has 5 heteroatoms. The van der Waals surface area contributed by atoms with Crippen LogP contribution in [0.15, 0.2) is 30.3 Å². The average molecular weight is 323 g/mol. The first-order valence-electron chi connectivity index (χ1n) is 7.85. The molecule has 2 rings (SSSR count). The Labute approximate surface area is 134 Å². The Bertz CT molecular complexity index is 512. The number of amides is 1. The van der Waals surface area contributed by atoms with E-state index in [1.165, 1.54) is 0 Å². The van der Waals surface area contributed by atoms with E-state index in [9.17, 15) is 14.1 Å². The zero-order valence-electron chi connectivity index (χ0n) is 13.1. The fraction of sp³-hybridized carbons (Fsp3) is 0.588. The second kappa shape index (κ2) is 7.88. The summed E-state index contributed by atoms with van der Waals surface area (Å²) in [6, 6.07) is 9.30. The summed E-state index contributed by atoms with van der Waals surface area (Å²) in [4.78, 5) is 12.3. The van der Waals surface area contributed by atoms with Gasteiger partial charge in [-0.2, -0.15) is 0 Å². The summed E-state index contributed by atoms with van der Waals surface area (Å²) in [5.74, 6) is 0.220. The number of rotatable bonds is 6. The lowest BCUT2D eigenvalue weighted by Gasteiger charge is -2.32. The average Bonchev–Trinajstić information content (AvgIpc) is 2.47. The number of hydrogen-bond acceptors (Lipinski definition) is 3. The van der Waals surface area contributed by atoms with Gasteiger partial charge in [-0.1, -0.05) is 49.6 Å². The van der Waals surface area contributed by atoms with Gasteiger partial charge in [-0.05, 0) is 18.4 Å². The van der Waals surface area contributed by atoms with Gasteiger partial charge in [0.15, 0.2) is 0 Å². The highest BCUT2D eigenvalue weighted by molar-refractivity contribution is 7.84. The molecule has 2 atom stereocenters. The Balaban J connectivity index is 2.00. The van der Waals surface area contributed by atoms with E-state index in [4.69, 9.17) is 0 Å². The minimum Gasteiger partial charge on any atom is -0.389 e. The minimum atomic E-state index is -1.01. The third-order valence-electron chi connectivity index (χ3n) is 4.21. The van der Waals surface area contributed by atoms with Crippen molar-refractivity contribution in [2.24, 2.45) is 0 Å². The van der Waals surface area contributed by atoms with Gasteiger partial charge in [-0.3, -0.25) is 9.00 Å². The molecule has 0 spiro atoms. The van der Waals surface area contributed by atoms with E-state index in [0.29, 0.717) is 18.6 Å². The lowest BCUT2D eigenvalue weighted by Crippen LogP contribution is -2.40. The molecule has 22 heavy (non-hydrogen) atoms. The molecular formula is C17H25NO3S. The number of aliphatic hydroxyl groups is 1. The van der Waals surface area contributed by atoms with Crippen molar-refractivity contribution in [3.63, 3.8) is 0 Å². The fourth-order valence-corrected chi connectivity index (χ4v) is 3.82. The molecule has 1 aliphatic rings. The molecule has 1 amide bonds. The molecule has 2 N–H and O–H groups in total. The van der Waals surface area contributed by atoms with Gasteiger partial charge in [0.05, 0.1) is 18.1 Å². The van der Waals surface area contributed by atoms with Crippen LogP contribution >= 0.6 is 0 Å². The molecule has 4 nitrogen and oxygen atoms in total. The van der Waals surface area contributed by atoms with Crippen molar-refractivity contribution in [1.29, 1.82) is 0 Å². The molecule has 122 valence electrons. The molecule has 1 aliphatic carbocycles. The summed E-state index contributed by atoms with van der Waals surface area (Å²) in [5.41, 5.74) is 0.0799. The summed E-state index contributed by atoms with van der Waals surface area (Å²) in [6.45, 7) is 0. The van der Waals surface area contributed by atoms with E-state index in [1.54, 1.807) is 6.26 Å². The van der Waals surface area contributed by atoms with Crippen molar-refractivity contribution in [2.75, 3.05) is 12.0 Å². The minimum absolute atomic E-state index is 0.132. The van der Waals surface area contributed by atoms with Gasteiger partial charge in [-0.15, -0.1) is 0 Å². The van der Waals surface area contributed by atoms with Gasteiger partial charge in [0.25, 0.3) is 0 Å². The van der Waals surface area contributed by atoms with Crippen LogP contribution in [0.25, 0.3) is 0 Å². The van der Waals surface area contributed by atoms with E-state index in [-0.39, 0.29) is 18.4 Å². The van der Waals surface area contributed by atoms with Gasteiger partial charge < -0.3 is 10.4 Å². The maximum Gasteiger partial charge on any atom is 0.223 e. The van der Waals surface area contributed by atoms with E-state index in [1.807, 2.05) is 30.3 Å². The Hall–Kier alpha value is -1.20. The van der Waals surface area contributed by atoms with Gasteiger partial charge in [0, 0.05) is 22.8 Å². The molecule has 1 fully saturated rings. The van der Waals surface area contributed by atoms with Crippen LogP contribution in [-0.4, -0.2) is 32.8 Å². The maximum atomic E-state index is 12.3. The lowest BCUT2D eigenvalue weighted by atomic mass is 9.82. The van der Waals surface area contributed by atoms with Crippen LogP contribution in [0.1, 0.15) is 50.1 Å². The fourth-order valence-electron chi connectivity index (χ4n) is 3.07. The van der Waals surface area contributed by atoms with Crippen LogP contribution in [0.4, 0.5) is 0 Å². The molecule has 0 saturated heterocycles. The van der Waals surface area contributed by atoms with Crippen molar-refractivity contribution >= 4 is 16.7 Å². The third-order valence-corrected chi connectivity index (χ3v) is 5.02. The van der Waals surface area contributed by atoms with Gasteiger partial charge in [0.2, 0.25) is 5.91 Å². The second-order valence-corrected chi connectivity index (χ2v) is 7.71. The van der Waals surface area contributed by atoms with Crippen molar-refractivity contribution in [3.05, 3.63) is 35.9 Å². The van der Waals surface area contributed by atoms with E-state index in [2.05, 4.69) is 5.32 Å². The smallest absolute Gasteiger partial charge is 0.223 e. The summed E-state index contributed by atoms with van der Waals surface area (Å²) < 4.78 is 11.6. The predicted molar refractivity (Wildman–Crippen MR) is 88.9 cm³/mol. The molecule has 1 saturated carbocycles. The van der Waals surface area contributed by atoms with Gasteiger partial charge in [0.1, 0.15) is 0 Å². The highest BCUT2D eigenvalue weighted by Gasteiger charge is 2.32. The first-order valence-corrected chi connectivity index (χ1v) is 9.58. The molecule has 1 aromatic carbocycles. The zero-order chi connectivity index (χ0) is 16.0. The van der Waals surface area contributed by atoms with E-state index in [0.717, 1.165) is 24.8 Å². The summed E-state index contributed by atoms with van der Waals surface area (Å²) in [7, 11) is -1.01. The Kier molecular flexibility index (Phi) is 6.15. The Morgan fingerprint density at radius 2 is 1.91 bits per heavy atom. The maximum absolute atomic E-state index is 12.3. The van der Waals surface area contributed by atoms with Crippen molar-refractivity contribution < 1.29 is 14.1 Å². The predicted octanol–water partition coefficient (Wildman–Crippen LogP) is 2.31. The molecule has 0 bridgehead atoms. The Morgan fingerprint density at radius 3 is 2.50 bits per heavy atom. The molecule has 0 radical (unpaired) electrons. The van der Waals surface area contributed by atoms with Crippen molar-refractivity contribution in [3.8, 4) is 0 Å². The van der Waals surface area contributed by atoms with Gasteiger partial charge >= 0.3 is 0 Å². The summed E-state index contributed by atoms with van der Waals surface area (Å²) >= 11 is 0. The number of nitrogens with one attached hydrogen (secondary N) is 1. The van der Waals surface area contributed by atoms with Crippen LogP contribution in [0.3, 0.4) is 0 Å². The van der Waals surface area contributed by atoms with Gasteiger partial charge in [-0.25, -0.2) is 0 Å². The molecule has 2 unspecified atom stereocenters. The highest BCUT2D eigenvalue weighted by atomic mass is 32.2. The third kappa shape index (κ3) is 5.21. The second-order valence-electron chi connectivity index (χ2n) is 6.23. The SMILES string of the molecule is CS(=O)CC(NC(=O)CC1(O)CCCCC1)c1ccccc1. The van der Waals surface area contributed by atoms with Crippen molar-refractivity contribution in [2.45, 2.75) is 50.2 Å². The lowest BCUT2D eigenvalue weighted by molar-refractivity contribution is -0.128. The normalized spacial score (nSPS) is 20.1. The van der Waals surface area contributed by atoms with Crippen molar-refractivity contribution in [1.82, 2.24) is 5.32 Å². The summed E-state index contributed by atoms with van der Waals surface area (Å²) in [5, 5.41) is 13.4. The molecule has 0 aliphatic heterocycles. The highest BCUT2D eigenvalue weighted by Crippen LogP contribution is 2.31. The first kappa shape index (κ1) is 17.2. The quantitative estimate of drug-likeness (QED) is 0.844.